The van der Waals surface area contributed by atoms with Gasteiger partial charge < -0.3 is 5.21 Å². The highest BCUT2D eigenvalue weighted by Gasteiger charge is 1.97. The van der Waals surface area contributed by atoms with Crippen molar-refractivity contribution in [3.8, 4) is 0 Å². The molecule has 0 N–H and O–H groups in total. The van der Waals surface area contributed by atoms with Gasteiger partial charge in [0.1, 0.15) is 0 Å². The van der Waals surface area contributed by atoms with Crippen molar-refractivity contribution in [2.45, 2.75) is 0 Å². The molecule has 1 aromatic heterocycles. The summed E-state index contributed by atoms with van der Waals surface area (Å²) in [6.45, 7) is 0. The maximum absolute atomic E-state index is 11.4. The van der Waals surface area contributed by atoms with Crippen LogP contribution in [-0.2, 0) is 0 Å². The predicted octanol–water partition coefficient (Wildman–Crippen LogP) is 0.833. The van der Waals surface area contributed by atoms with E-state index in [9.17, 15) is 10.0 Å². The smallest absolute Gasteiger partial charge is 0.192 e. The Morgan fingerprint density at radius 3 is 2.77 bits per heavy atom. The SMILES string of the molecule is O=c1cc[n+]([O-])cc2ccccc12. The molecule has 1 aromatic carbocycles. The van der Waals surface area contributed by atoms with E-state index in [4.69, 9.17) is 0 Å². The molecule has 64 valence electrons. The van der Waals surface area contributed by atoms with Gasteiger partial charge in [0, 0.05) is 5.39 Å². The average molecular weight is 173 g/mol. The summed E-state index contributed by atoms with van der Waals surface area (Å²) < 4.78 is 0.629. The molecule has 2 rings (SSSR count). The quantitative estimate of drug-likeness (QED) is 0.437. The van der Waals surface area contributed by atoms with Crippen molar-refractivity contribution < 1.29 is 4.73 Å². The van der Waals surface area contributed by atoms with Crippen LogP contribution in [0.1, 0.15) is 0 Å². The van der Waals surface area contributed by atoms with E-state index in [-0.39, 0.29) is 5.43 Å². The van der Waals surface area contributed by atoms with Gasteiger partial charge in [0.25, 0.3) is 0 Å². The Hall–Kier alpha value is -1.90. The molecule has 0 fully saturated rings. The highest BCUT2D eigenvalue weighted by molar-refractivity contribution is 5.80. The van der Waals surface area contributed by atoms with Crippen molar-refractivity contribution in [1.82, 2.24) is 0 Å². The molecule has 2 aromatic rings. The molecule has 0 radical (unpaired) electrons. The number of hydrogen-bond donors (Lipinski definition) is 0. The maximum Gasteiger partial charge on any atom is 0.192 e. The lowest BCUT2D eigenvalue weighted by Gasteiger charge is -1.89. The first-order valence-electron chi connectivity index (χ1n) is 3.89. The molecular formula is C10H7NO2. The third-order valence-corrected chi connectivity index (χ3v) is 1.87. The van der Waals surface area contributed by atoms with E-state index >= 15 is 0 Å². The number of hydrogen-bond acceptors (Lipinski definition) is 2. The number of benzene rings is 1. The predicted molar refractivity (Wildman–Crippen MR) is 49.2 cm³/mol. The minimum absolute atomic E-state index is 0.134. The third kappa shape index (κ3) is 1.36. The van der Waals surface area contributed by atoms with Gasteiger partial charge in [-0.25, -0.2) is 0 Å². The molecule has 3 heteroatoms. The van der Waals surface area contributed by atoms with E-state index in [0.29, 0.717) is 15.5 Å². The summed E-state index contributed by atoms with van der Waals surface area (Å²) in [4.78, 5) is 11.4. The zero-order chi connectivity index (χ0) is 9.26. The summed E-state index contributed by atoms with van der Waals surface area (Å²) in [6.07, 6.45) is 2.60. The Morgan fingerprint density at radius 2 is 1.92 bits per heavy atom. The van der Waals surface area contributed by atoms with Crippen LogP contribution in [0.5, 0.6) is 0 Å². The monoisotopic (exact) mass is 173 g/mol. The summed E-state index contributed by atoms with van der Waals surface area (Å²) >= 11 is 0. The lowest BCUT2D eigenvalue weighted by molar-refractivity contribution is -0.603. The largest absolute Gasteiger partial charge is 0.619 e. The van der Waals surface area contributed by atoms with E-state index in [1.165, 1.54) is 18.5 Å². The van der Waals surface area contributed by atoms with Crippen molar-refractivity contribution in [3.05, 3.63) is 58.2 Å². The molecule has 1 heterocycles. The molecule has 0 unspecified atom stereocenters. The normalized spacial score (nSPS) is 10.2. The Bertz CT molecular complexity index is 508. The highest BCUT2D eigenvalue weighted by Crippen LogP contribution is 2.04. The molecular weight excluding hydrogens is 166 g/mol. The summed E-state index contributed by atoms with van der Waals surface area (Å²) in [7, 11) is 0. The molecule has 3 nitrogen and oxygen atoms in total. The van der Waals surface area contributed by atoms with Crippen LogP contribution >= 0.6 is 0 Å². The summed E-state index contributed by atoms with van der Waals surface area (Å²) in [5, 5.41) is 12.2. The Morgan fingerprint density at radius 1 is 1.15 bits per heavy atom. The standard InChI is InChI=1S/C10H7NO2/c12-10-5-6-11(13)7-8-3-1-2-4-9(8)10/h1-7H. The van der Waals surface area contributed by atoms with E-state index < -0.39 is 0 Å². The number of fused-ring (bicyclic) bond motifs is 1. The fourth-order valence-electron chi connectivity index (χ4n) is 1.25. The van der Waals surface area contributed by atoms with Gasteiger partial charge >= 0.3 is 0 Å². The molecule has 0 saturated heterocycles. The van der Waals surface area contributed by atoms with Crippen molar-refractivity contribution in [3.63, 3.8) is 0 Å². The van der Waals surface area contributed by atoms with Gasteiger partial charge in [-0.05, 0) is 6.07 Å². The van der Waals surface area contributed by atoms with Crippen molar-refractivity contribution >= 4 is 10.8 Å². The number of rotatable bonds is 0. The van der Waals surface area contributed by atoms with Gasteiger partial charge in [0.15, 0.2) is 17.8 Å². The Balaban J connectivity index is 3.04. The lowest BCUT2D eigenvalue weighted by atomic mass is 10.2. The van der Waals surface area contributed by atoms with E-state index in [1.807, 2.05) is 0 Å². The molecule has 0 atom stereocenters. The maximum atomic E-state index is 11.4. The van der Waals surface area contributed by atoms with Crippen LogP contribution in [0, 0.1) is 5.21 Å². The van der Waals surface area contributed by atoms with E-state index in [1.54, 1.807) is 24.3 Å². The molecule has 0 aliphatic carbocycles. The van der Waals surface area contributed by atoms with Crippen LogP contribution in [0.25, 0.3) is 10.8 Å². The third-order valence-electron chi connectivity index (χ3n) is 1.87. The topological polar surface area (TPSA) is 44.0 Å². The first-order chi connectivity index (χ1) is 6.27. The van der Waals surface area contributed by atoms with E-state index in [0.717, 1.165) is 0 Å². The van der Waals surface area contributed by atoms with E-state index in [2.05, 4.69) is 0 Å². The van der Waals surface area contributed by atoms with Gasteiger partial charge in [-0.1, -0.05) is 18.2 Å². The Kier molecular flexibility index (Phi) is 1.70. The molecule has 0 aliphatic rings. The number of aromatic nitrogens is 1. The van der Waals surface area contributed by atoms with Crippen LogP contribution in [-0.4, -0.2) is 0 Å². The van der Waals surface area contributed by atoms with Gasteiger partial charge in [0.05, 0.1) is 11.5 Å². The molecule has 13 heavy (non-hydrogen) atoms. The second kappa shape index (κ2) is 2.86. The minimum atomic E-state index is -0.134. The van der Waals surface area contributed by atoms with Crippen LogP contribution < -0.4 is 10.2 Å². The molecule has 0 aliphatic heterocycles. The zero-order valence-electron chi connectivity index (χ0n) is 6.81. The second-order valence-corrected chi connectivity index (χ2v) is 2.76. The fraction of sp³-hybridized carbons (Fsp3) is 0. The van der Waals surface area contributed by atoms with Gasteiger partial charge in [-0.3, -0.25) is 4.79 Å². The van der Waals surface area contributed by atoms with Crippen LogP contribution in [0.3, 0.4) is 0 Å². The van der Waals surface area contributed by atoms with Crippen molar-refractivity contribution in [1.29, 1.82) is 0 Å². The van der Waals surface area contributed by atoms with Crippen LogP contribution in [0.15, 0.2) is 47.5 Å². The van der Waals surface area contributed by atoms with Crippen molar-refractivity contribution in [2.24, 2.45) is 0 Å². The van der Waals surface area contributed by atoms with Gasteiger partial charge in [-0.15, -0.1) is 0 Å². The van der Waals surface area contributed by atoms with Crippen molar-refractivity contribution in [2.75, 3.05) is 0 Å². The minimum Gasteiger partial charge on any atom is -0.619 e. The van der Waals surface area contributed by atoms with Gasteiger partial charge in [0.2, 0.25) is 0 Å². The number of nitrogens with zero attached hydrogens (tertiary/aromatic N) is 1. The summed E-state index contributed by atoms with van der Waals surface area (Å²) in [6, 6.07) is 8.29. The average Bonchev–Trinajstić information content (AvgIpc) is 2.27. The van der Waals surface area contributed by atoms with Gasteiger partial charge in [-0.2, -0.15) is 4.73 Å². The summed E-state index contributed by atoms with van der Waals surface area (Å²) in [5.74, 6) is 0. The second-order valence-electron chi connectivity index (χ2n) is 2.76. The Labute approximate surface area is 74.5 Å². The van der Waals surface area contributed by atoms with Crippen LogP contribution in [0.2, 0.25) is 0 Å². The fourth-order valence-corrected chi connectivity index (χ4v) is 1.25. The summed E-state index contributed by atoms with van der Waals surface area (Å²) in [5.41, 5.74) is -0.134. The van der Waals surface area contributed by atoms with Crippen LogP contribution in [0.4, 0.5) is 0 Å². The lowest BCUT2D eigenvalue weighted by Crippen LogP contribution is -2.22. The first-order valence-corrected chi connectivity index (χ1v) is 3.89. The zero-order valence-corrected chi connectivity index (χ0v) is 6.81. The molecule has 0 amide bonds. The molecule has 0 saturated carbocycles. The molecule has 0 bridgehead atoms. The highest BCUT2D eigenvalue weighted by atomic mass is 16.5. The first kappa shape index (κ1) is 7.73. The molecule has 0 spiro atoms.